The molecule has 94 valence electrons. The highest BCUT2D eigenvalue weighted by Gasteiger charge is 2.33. The van der Waals surface area contributed by atoms with E-state index in [1.165, 1.54) is 12.1 Å². The van der Waals surface area contributed by atoms with E-state index in [0.717, 1.165) is 19.0 Å². The summed E-state index contributed by atoms with van der Waals surface area (Å²) in [6, 6.07) is 3.67. The van der Waals surface area contributed by atoms with Crippen molar-refractivity contribution in [1.29, 1.82) is 0 Å². The SMILES string of the molecule is CNCCC1Cc2cc(C(F)(F)F)ccc2O1. The van der Waals surface area contributed by atoms with Gasteiger partial charge in [-0.05, 0) is 43.8 Å². The van der Waals surface area contributed by atoms with E-state index in [-0.39, 0.29) is 6.10 Å². The molecule has 0 saturated heterocycles. The van der Waals surface area contributed by atoms with Crippen LogP contribution in [0, 0.1) is 0 Å². The second-order valence-corrected chi connectivity index (χ2v) is 4.16. The molecular weight excluding hydrogens is 231 g/mol. The van der Waals surface area contributed by atoms with Crippen LogP contribution < -0.4 is 10.1 Å². The number of hydrogen-bond acceptors (Lipinski definition) is 2. The molecule has 0 radical (unpaired) electrons. The number of nitrogens with one attached hydrogen (secondary N) is 1. The van der Waals surface area contributed by atoms with Gasteiger partial charge in [-0.2, -0.15) is 13.2 Å². The molecule has 2 nitrogen and oxygen atoms in total. The number of halogens is 3. The zero-order valence-corrected chi connectivity index (χ0v) is 9.47. The molecule has 0 saturated carbocycles. The maximum atomic E-state index is 12.5. The molecule has 1 aliphatic heterocycles. The van der Waals surface area contributed by atoms with Crippen LogP contribution in [0.15, 0.2) is 18.2 Å². The summed E-state index contributed by atoms with van der Waals surface area (Å²) in [5.41, 5.74) is 0.0510. The standard InChI is InChI=1S/C12H14F3NO/c1-16-5-4-10-7-8-6-9(12(13,14)15)2-3-11(8)17-10/h2-3,6,10,16H,4-5,7H2,1H3. The zero-order valence-electron chi connectivity index (χ0n) is 9.47. The van der Waals surface area contributed by atoms with E-state index in [1.807, 2.05) is 7.05 Å². The van der Waals surface area contributed by atoms with Crippen LogP contribution in [0.5, 0.6) is 5.75 Å². The third-order valence-corrected chi connectivity index (χ3v) is 2.85. The Balaban J connectivity index is 2.11. The zero-order chi connectivity index (χ0) is 12.5. The van der Waals surface area contributed by atoms with Crippen molar-refractivity contribution in [3.63, 3.8) is 0 Å². The first-order valence-electron chi connectivity index (χ1n) is 5.52. The monoisotopic (exact) mass is 245 g/mol. The van der Waals surface area contributed by atoms with Crippen molar-refractivity contribution in [3.05, 3.63) is 29.3 Å². The normalized spacial score (nSPS) is 18.9. The fourth-order valence-corrected chi connectivity index (χ4v) is 1.96. The fraction of sp³-hybridized carbons (Fsp3) is 0.500. The minimum Gasteiger partial charge on any atom is -0.490 e. The summed E-state index contributed by atoms with van der Waals surface area (Å²) in [5, 5.41) is 3.00. The van der Waals surface area contributed by atoms with Gasteiger partial charge in [-0.3, -0.25) is 0 Å². The van der Waals surface area contributed by atoms with Crippen LogP contribution in [-0.2, 0) is 12.6 Å². The van der Waals surface area contributed by atoms with E-state index >= 15 is 0 Å². The summed E-state index contributed by atoms with van der Waals surface area (Å²) < 4.78 is 43.1. The molecule has 0 bridgehead atoms. The highest BCUT2D eigenvalue weighted by atomic mass is 19.4. The first-order valence-corrected chi connectivity index (χ1v) is 5.52. The topological polar surface area (TPSA) is 21.3 Å². The van der Waals surface area contributed by atoms with Crippen molar-refractivity contribution in [2.45, 2.75) is 25.1 Å². The van der Waals surface area contributed by atoms with Gasteiger partial charge in [0.2, 0.25) is 0 Å². The summed E-state index contributed by atoms with van der Waals surface area (Å²) in [4.78, 5) is 0. The molecule has 1 atom stereocenters. The Kier molecular flexibility index (Phi) is 3.28. The van der Waals surface area contributed by atoms with Crippen molar-refractivity contribution < 1.29 is 17.9 Å². The summed E-state index contributed by atoms with van der Waals surface area (Å²) in [6.45, 7) is 0.796. The Morgan fingerprint density at radius 1 is 1.41 bits per heavy atom. The molecule has 0 amide bonds. The van der Waals surface area contributed by atoms with E-state index < -0.39 is 11.7 Å². The van der Waals surface area contributed by atoms with Gasteiger partial charge in [0.1, 0.15) is 11.9 Å². The Hall–Kier alpha value is -1.23. The lowest BCUT2D eigenvalue weighted by molar-refractivity contribution is -0.137. The van der Waals surface area contributed by atoms with E-state index in [2.05, 4.69) is 5.32 Å². The van der Waals surface area contributed by atoms with Gasteiger partial charge in [0.25, 0.3) is 0 Å². The highest BCUT2D eigenvalue weighted by Crippen LogP contribution is 2.36. The van der Waals surface area contributed by atoms with Gasteiger partial charge in [-0.15, -0.1) is 0 Å². The van der Waals surface area contributed by atoms with Crippen LogP contribution in [0.2, 0.25) is 0 Å². The van der Waals surface area contributed by atoms with Crippen molar-refractivity contribution >= 4 is 0 Å². The molecule has 0 aliphatic carbocycles. The molecule has 5 heteroatoms. The predicted molar refractivity (Wildman–Crippen MR) is 58.1 cm³/mol. The van der Waals surface area contributed by atoms with Gasteiger partial charge in [0.15, 0.2) is 0 Å². The van der Waals surface area contributed by atoms with Crippen molar-refractivity contribution in [2.75, 3.05) is 13.6 Å². The molecule has 0 fully saturated rings. The Bertz CT molecular complexity index is 403. The van der Waals surface area contributed by atoms with E-state index in [0.29, 0.717) is 17.7 Å². The Labute approximate surface area is 97.8 Å². The molecule has 1 aromatic carbocycles. The molecule has 0 aromatic heterocycles. The van der Waals surface area contributed by atoms with Gasteiger partial charge < -0.3 is 10.1 Å². The maximum absolute atomic E-state index is 12.5. The maximum Gasteiger partial charge on any atom is 0.416 e. The largest absolute Gasteiger partial charge is 0.490 e. The summed E-state index contributed by atoms with van der Waals surface area (Å²) in [7, 11) is 1.84. The minimum absolute atomic E-state index is 0.0130. The molecule has 17 heavy (non-hydrogen) atoms. The van der Waals surface area contributed by atoms with Gasteiger partial charge >= 0.3 is 6.18 Å². The highest BCUT2D eigenvalue weighted by molar-refractivity contribution is 5.41. The minimum atomic E-state index is -4.28. The number of hydrogen-bond donors (Lipinski definition) is 1. The summed E-state index contributed by atoms with van der Waals surface area (Å²) >= 11 is 0. The lowest BCUT2D eigenvalue weighted by Gasteiger charge is -2.09. The van der Waals surface area contributed by atoms with Gasteiger partial charge in [-0.25, -0.2) is 0 Å². The molecule has 1 aliphatic rings. The second kappa shape index (κ2) is 4.56. The second-order valence-electron chi connectivity index (χ2n) is 4.16. The van der Waals surface area contributed by atoms with Crippen LogP contribution in [-0.4, -0.2) is 19.7 Å². The van der Waals surface area contributed by atoms with Crippen LogP contribution >= 0.6 is 0 Å². The van der Waals surface area contributed by atoms with Crippen molar-refractivity contribution in [2.24, 2.45) is 0 Å². The van der Waals surface area contributed by atoms with Crippen LogP contribution in [0.1, 0.15) is 17.5 Å². The molecule has 2 rings (SSSR count). The van der Waals surface area contributed by atoms with Gasteiger partial charge in [0.05, 0.1) is 5.56 Å². The van der Waals surface area contributed by atoms with E-state index in [4.69, 9.17) is 4.74 Å². The van der Waals surface area contributed by atoms with Crippen LogP contribution in [0.25, 0.3) is 0 Å². The number of alkyl halides is 3. The molecule has 0 spiro atoms. The van der Waals surface area contributed by atoms with E-state index in [1.54, 1.807) is 0 Å². The molecule has 1 aromatic rings. The van der Waals surface area contributed by atoms with Gasteiger partial charge in [0, 0.05) is 6.42 Å². The number of benzene rings is 1. The third-order valence-electron chi connectivity index (χ3n) is 2.85. The average Bonchev–Trinajstić information content (AvgIpc) is 2.66. The number of rotatable bonds is 3. The number of fused-ring (bicyclic) bond motifs is 1. The Morgan fingerprint density at radius 2 is 2.18 bits per heavy atom. The molecule has 1 heterocycles. The van der Waals surface area contributed by atoms with Crippen LogP contribution in [0.3, 0.4) is 0 Å². The summed E-state index contributed by atoms with van der Waals surface area (Å²) in [6.07, 6.45) is -2.94. The lowest BCUT2D eigenvalue weighted by Crippen LogP contribution is -2.20. The quantitative estimate of drug-likeness (QED) is 0.883. The van der Waals surface area contributed by atoms with Crippen molar-refractivity contribution in [1.82, 2.24) is 5.32 Å². The molecule has 1 N–H and O–H groups in total. The fourth-order valence-electron chi connectivity index (χ4n) is 1.96. The smallest absolute Gasteiger partial charge is 0.416 e. The first-order chi connectivity index (χ1) is 8.00. The van der Waals surface area contributed by atoms with Crippen LogP contribution in [0.4, 0.5) is 13.2 Å². The Morgan fingerprint density at radius 3 is 2.82 bits per heavy atom. The third kappa shape index (κ3) is 2.72. The molecular formula is C12H14F3NO. The lowest BCUT2D eigenvalue weighted by atomic mass is 10.1. The first kappa shape index (κ1) is 12.2. The van der Waals surface area contributed by atoms with Gasteiger partial charge in [-0.1, -0.05) is 0 Å². The number of ether oxygens (including phenoxy) is 1. The predicted octanol–water partition coefficient (Wildman–Crippen LogP) is 2.62. The summed E-state index contributed by atoms with van der Waals surface area (Å²) in [5.74, 6) is 0.583. The van der Waals surface area contributed by atoms with E-state index in [9.17, 15) is 13.2 Å². The average molecular weight is 245 g/mol. The van der Waals surface area contributed by atoms with Crippen molar-refractivity contribution in [3.8, 4) is 5.75 Å². The molecule has 1 unspecified atom stereocenters.